The van der Waals surface area contributed by atoms with Gasteiger partial charge < -0.3 is 9.64 Å². The van der Waals surface area contributed by atoms with Gasteiger partial charge in [-0.3, -0.25) is 9.59 Å². The number of hydrogen-bond acceptors (Lipinski definition) is 3. The standard InChI is InChI=1S/C24H20ClNO3/c1-29-22(27)15-24(18-10-6-3-7-11-18)20-14-19(25)12-13-21(20)26(23(24)28)16-17-8-4-2-5-9-17/h2-14H,15-16H2,1H3/t24-/m0/s1. The molecule has 3 aromatic carbocycles. The molecule has 3 aromatic rings. The third kappa shape index (κ3) is 3.30. The lowest BCUT2D eigenvalue weighted by Crippen LogP contribution is -2.42. The van der Waals surface area contributed by atoms with Gasteiger partial charge in [0, 0.05) is 10.7 Å². The minimum atomic E-state index is -1.18. The fourth-order valence-electron chi connectivity index (χ4n) is 4.03. The Kier molecular flexibility index (Phi) is 5.12. The van der Waals surface area contributed by atoms with Crippen LogP contribution in [0.2, 0.25) is 5.02 Å². The Bertz CT molecular complexity index is 1050. The molecule has 1 heterocycles. The largest absolute Gasteiger partial charge is 0.469 e. The van der Waals surface area contributed by atoms with E-state index in [1.54, 1.807) is 17.0 Å². The van der Waals surface area contributed by atoms with Gasteiger partial charge in [0.05, 0.1) is 20.1 Å². The first-order valence-electron chi connectivity index (χ1n) is 9.34. The van der Waals surface area contributed by atoms with Gasteiger partial charge >= 0.3 is 5.97 Å². The van der Waals surface area contributed by atoms with Crippen LogP contribution in [0, 0.1) is 0 Å². The van der Waals surface area contributed by atoms with E-state index in [0.29, 0.717) is 11.6 Å². The number of amides is 1. The SMILES string of the molecule is COC(=O)C[C@@]1(c2ccccc2)C(=O)N(Cc2ccccc2)c2ccc(Cl)cc21. The van der Waals surface area contributed by atoms with Gasteiger partial charge in [-0.25, -0.2) is 0 Å². The molecule has 0 unspecified atom stereocenters. The predicted molar refractivity (Wildman–Crippen MR) is 113 cm³/mol. The lowest BCUT2D eigenvalue weighted by atomic mass is 9.73. The highest BCUT2D eigenvalue weighted by Crippen LogP contribution is 2.49. The van der Waals surface area contributed by atoms with Gasteiger partial charge in [-0.15, -0.1) is 0 Å². The minimum Gasteiger partial charge on any atom is -0.469 e. The summed E-state index contributed by atoms with van der Waals surface area (Å²) in [5, 5.41) is 0.517. The zero-order valence-electron chi connectivity index (χ0n) is 16.0. The number of methoxy groups -OCH3 is 1. The van der Waals surface area contributed by atoms with Gasteiger partial charge in [-0.2, -0.15) is 0 Å². The Morgan fingerprint density at radius 3 is 2.31 bits per heavy atom. The van der Waals surface area contributed by atoms with Crippen molar-refractivity contribution in [3.05, 3.63) is 101 Å². The molecule has 0 N–H and O–H groups in total. The second kappa shape index (κ2) is 7.72. The third-order valence-electron chi connectivity index (χ3n) is 5.41. The van der Waals surface area contributed by atoms with Crippen LogP contribution in [0.3, 0.4) is 0 Å². The van der Waals surface area contributed by atoms with Crippen molar-refractivity contribution in [2.45, 2.75) is 18.4 Å². The summed E-state index contributed by atoms with van der Waals surface area (Å²) in [6.45, 7) is 0.407. The summed E-state index contributed by atoms with van der Waals surface area (Å²) in [7, 11) is 1.33. The zero-order chi connectivity index (χ0) is 20.4. The van der Waals surface area contributed by atoms with Crippen LogP contribution in [0.5, 0.6) is 0 Å². The van der Waals surface area contributed by atoms with Crippen LogP contribution in [0.25, 0.3) is 0 Å². The molecule has 29 heavy (non-hydrogen) atoms. The van der Waals surface area contributed by atoms with Crippen molar-refractivity contribution in [2.75, 3.05) is 12.0 Å². The summed E-state index contributed by atoms with van der Waals surface area (Å²) in [6, 6.07) is 24.5. The molecular weight excluding hydrogens is 386 g/mol. The van der Waals surface area contributed by atoms with Crippen molar-refractivity contribution in [3.8, 4) is 0 Å². The van der Waals surface area contributed by atoms with E-state index in [-0.39, 0.29) is 12.3 Å². The first kappa shape index (κ1) is 19.2. The summed E-state index contributed by atoms with van der Waals surface area (Å²) in [4.78, 5) is 28.1. The number of halogens is 1. The number of esters is 1. The van der Waals surface area contributed by atoms with Crippen LogP contribution < -0.4 is 4.90 Å². The topological polar surface area (TPSA) is 46.6 Å². The average Bonchev–Trinajstić information content (AvgIpc) is 2.98. The molecular formula is C24H20ClNO3. The quantitative estimate of drug-likeness (QED) is 0.576. The molecule has 0 saturated carbocycles. The van der Waals surface area contributed by atoms with E-state index in [2.05, 4.69) is 0 Å². The number of fused-ring (bicyclic) bond motifs is 1. The summed E-state index contributed by atoms with van der Waals surface area (Å²) >= 11 is 6.32. The Balaban J connectivity index is 1.92. The number of nitrogens with zero attached hydrogens (tertiary/aromatic N) is 1. The average molecular weight is 406 g/mol. The van der Waals surface area contributed by atoms with Crippen LogP contribution in [-0.4, -0.2) is 19.0 Å². The van der Waals surface area contributed by atoms with Crippen molar-refractivity contribution in [1.29, 1.82) is 0 Å². The van der Waals surface area contributed by atoms with Crippen molar-refractivity contribution in [1.82, 2.24) is 0 Å². The second-order valence-corrected chi connectivity index (χ2v) is 7.50. The maximum absolute atomic E-state index is 13.9. The van der Waals surface area contributed by atoms with Crippen molar-refractivity contribution >= 4 is 29.2 Å². The van der Waals surface area contributed by atoms with Crippen LogP contribution in [0.1, 0.15) is 23.1 Å². The van der Waals surface area contributed by atoms with Crippen LogP contribution in [-0.2, 0) is 26.3 Å². The van der Waals surface area contributed by atoms with E-state index in [1.807, 2.05) is 66.7 Å². The summed E-state index contributed by atoms with van der Waals surface area (Å²) < 4.78 is 4.96. The van der Waals surface area contributed by atoms with Gasteiger partial charge in [-0.05, 0) is 34.9 Å². The van der Waals surface area contributed by atoms with Crippen LogP contribution in [0.4, 0.5) is 5.69 Å². The number of carbonyl (C=O) groups is 2. The van der Waals surface area contributed by atoms with E-state index in [1.165, 1.54) is 7.11 Å². The molecule has 4 rings (SSSR count). The zero-order valence-corrected chi connectivity index (χ0v) is 16.7. The Hall–Kier alpha value is -3.11. The lowest BCUT2D eigenvalue weighted by Gasteiger charge is -2.28. The normalized spacial score (nSPS) is 17.9. The van der Waals surface area contributed by atoms with Crippen molar-refractivity contribution in [3.63, 3.8) is 0 Å². The highest BCUT2D eigenvalue weighted by molar-refractivity contribution is 6.31. The first-order valence-corrected chi connectivity index (χ1v) is 9.72. The minimum absolute atomic E-state index is 0.0923. The molecule has 0 radical (unpaired) electrons. The Labute approximate surface area is 174 Å². The van der Waals surface area contributed by atoms with E-state index in [9.17, 15) is 9.59 Å². The molecule has 1 atom stereocenters. The molecule has 1 amide bonds. The van der Waals surface area contributed by atoms with Gasteiger partial charge in [0.15, 0.2) is 0 Å². The molecule has 0 fully saturated rings. The maximum Gasteiger partial charge on any atom is 0.307 e. The first-order chi connectivity index (χ1) is 14.1. The van der Waals surface area contributed by atoms with E-state index in [4.69, 9.17) is 16.3 Å². The number of ether oxygens (including phenoxy) is 1. The molecule has 0 aliphatic carbocycles. The summed E-state index contributed by atoms with van der Waals surface area (Å²) in [5.74, 6) is -0.607. The Morgan fingerprint density at radius 2 is 1.66 bits per heavy atom. The van der Waals surface area contributed by atoms with Crippen LogP contribution in [0.15, 0.2) is 78.9 Å². The number of anilines is 1. The monoisotopic (exact) mass is 405 g/mol. The molecule has 0 bridgehead atoms. The highest BCUT2D eigenvalue weighted by atomic mass is 35.5. The van der Waals surface area contributed by atoms with Crippen LogP contribution >= 0.6 is 11.6 Å². The fourth-order valence-corrected chi connectivity index (χ4v) is 4.20. The molecule has 5 heteroatoms. The molecule has 1 aliphatic heterocycles. The predicted octanol–water partition coefficient (Wildman–Crippen LogP) is 4.74. The third-order valence-corrected chi connectivity index (χ3v) is 5.64. The maximum atomic E-state index is 13.9. The smallest absolute Gasteiger partial charge is 0.307 e. The number of benzene rings is 3. The summed E-state index contributed by atoms with van der Waals surface area (Å²) in [6.07, 6.45) is -0.0923. The van der Waals surface area contributed by atoms with Crippen molar-refractivity contribution < 1.29 is 14.3 Å². The second-order valence-electron chi connectivity index (χ2n) is 7.06. The molecule has 146 valence electrons. The molecule has 1 aliphatic rings. The van der Waals surface area contributed by atoms with Gasteiger partial charge in [-0.1, -0.05) is 72.3 Å². The van der Waals surface area contributed by atoms with Gasteiger partial charge in [0.25, 0.3) is 0 Å². The highest BCUT2D eigenvalue weighted by Gasteiger charge is 2.53. The van der Waals surface area contributed by atoms with Gasteiger partial charge in [0.2, 0.25) is 5.91 Å². The lowest BCUT2D eigenvalue weighted by molar-refractivity contribution is -0.143. The number of rotatable bonds is 5. The van der Waals surface area contributed by atoms with Gasteiger partial charge in [0.1, 0.15) is 5.41 Å². The number of carbonyl (C=O) groups excluding carboxylic acids is 2. The van der Waals surface area contributed by atoms with E-state index >= 15 is 0 Å². The summed E-state index contributed by atoms with van der Waals surface area (Å²) in [5.41, 5.74) is 2.06. The Morgan fingerprint density at radius 1 is 1.00 bits per heavy atom. The van der Waals surface area contributed by atoms with E-state index < -0.39 is 11.4 Å². The van der Waals surface area contributed by atoms with Crippen molar-refractivity contribution in [2.24, 2.45) is 0 Å². The molecule has 0 saturated heterocycles. The number of hydrogen-bond donors (Lipinski definition) is 0. The molecule has 4 nitrogen and oxygen atoms in total. The fraction of sp³-hybridized carbons (Fsp3) is 0.167. The molecule has 0 aromatic heterocycles. The van der Waals surface area contributed by atoms with E-state index in [0.717, 1.165) is 22.4 Å². The molecule has 0 spiro atoms.